The summed E-state index contributed by atoms with van der Waals surface area (Å²) in [4.78, 5) is 13.2. The first-order valence-electron chi connectivity index (χ1n) is 6.74. The van der Waals surface area contributed by atoms with Crippen molar-refractivity contribution in [3.63, 3.8) is 0 Å². The van der Waals surface area contributed by atoms with E-state index in [2.05, 4.69) is 29.4 Å². The van der Waals surface area contributed by atoms with Gasteiger partial charge in [-0.25, -0.2) is 0 Å². The molecule has 1 aromatic heterocycles. The van der Waals surface area contributed by atoms with E-state index in [1.165, 1.54) is 17.7 Å². The van der Waals surface area contributed by atoms with Crippen molar-refractivity contribution in [1.29, 1.82) is 0 Å². The van der Waals surface area contributed by atoms with Crippen LogP contribution < -0.4 is 5.32 Å². The number of rotatable bonds is 5. The molecular formula is C14H22N4O. The van der Waals surface area contributed by atoms with Gasteiger partial charge in [-0.05, 0) is 36.3 Å². The molecule has 1 heterocycles. The number of aromatic nitrogens is 2. The van der Waals surface area contributed by atoms with Gasteiger partial charge in [0.15, 0.2) is 5.69 Å². The Morgan fingerprint density at radius 1 is 1.37 bits per heavy atom. The highest BCUT2D eigenvalue weighted by Gasteiger charge is 2.44. The molecule has 0 saturated heterocycles. The van der Waals surface area contributed by atoms with Crippen LogP contribution in [0.15, 0.2) is 12.1 Å². The third-order valence-electron chi connectivity index (χ3n) is 4.03. The summed E-state index contributed by atoms with van der Waals surface area (Å²) in [5, 5.41) is 11.4. The first kappa shape index (κ1) is 13.8. The maximum Gasteiger partial charge on any atom is 0.273 e. The Morgan fingerprint density at radius 3 is 2.47 bits per heavy atom. The molecule has 0 aromatic carbocycles. The lowest BCUT2D eigenvalue weighted by Crippen LogP contribution is -2.24. The predicted octanol–water partition coefficient (Wildman–Crippen LogP) is 2.03. The molecule has 19 heavy (non-hydrogen) atoms. The molecule has 0 radical (unpaired) electrons. The van der Waals surface area contributed by atoms with Crippen LogP contribution in [-0.4, -0.2) is 41.6 Å². The van der Waals surface area contributed by atoms with Gasteiger partial charge in [0.25, 0.3) is 5.91 Å². The smallest absolute Gasteiger partial charge is 0.273 e. The largest absolute Gasteiger partial charge is 0.368 e. The van der Waals surface area contributed by atoms with E-state index in [-0.39, 0.29) is 5.91 Å². The minimum absolute atomic E-state index is 0.125. The van der Waals surface area contributed by atoms with Gasteiger partial charge < -0.3 is 10.2 Å². The van der Waals surface area contributed by atoms with E-state index in [4.69, 9.17) is 0 Å². The molecule has 1 fully saturated rings. The quantitative estimate of drug-likeness (QED) is 0.882. The Kier molecular flexibility index (Phi) is 3.73. The standard InChI is InChI=1S/C14H22N4O/c1-10(2)14(7-8-14)9-15-12-6-5-11(16-17-12)13(19)18(3)4/h5-6,10H,7-9H2,1-4H3,(H,15,17). The highest BCUT2D eigenvalue weighted by molar-refractivity contribution is 5.91. The lowest BCUT2D eigenvalue weighted by Gasteiger charge is -2.20. The van der Waals surface area contributed by atoms with Gasteiger partial charge in [0, 0.05) is 20.6 Å². The van der Waals surface area contributed by atoms with Crippen LogP contribution in [0.2, 0.25) is 0 Å². The Bertz CT molecular complexity index is 449. The molecule has 0 spiro atoms. The number of carbonyl (C=O) groups excluding carboxylic acids is 1. The van der Waals surface area contributed by atoms with Crippen LogP contribution in [0, 0.1) is 11.3 Å². The minimum Gasteiger partial charge on any atom is -0.368 e. The maximum atomic E-state index is 11.7. The summed E-state index contributed by atoms with van der Waals surface area (Å²) in [6.07, 6.45) is 2.56. The molecule has 1 saturated carbocycles. The molecule has 1 N–H and O–H groups in total. The second-order valence-electron chi connectivity index (χ2n) is 5.87. The Morgan fingerprint density at radius 2 is 2.05 bits per heavy atom. The zero-order valence-electron chi connectivity index (χ0n) is 12.1. The average Bonchev–Trinajstić information content (AvgIpc) is 3.17. The summed E-state index contributed by atoms with van der Waals surface area (Å²) in [6.45, 7) is 5.46. The van der Waals surface area contributed by atoms with Gasteiger partial charge in [-0.2, -0.15) is 0 Å². The Balaban J connectivity index is 1.94. The van der Waals surface area contributed by atoms with Crippen LogP contribution in [0.4, 0.5) is 5.82 Å². The zero-order valence-corrected chi connectivity index (χ0v) is 12.1. The number of amides is 1. The second-order valence-corrected chi connectivity index (χ2v) is 5.87. The monoisotopic (exact) mass is 262 g/mol. The van der Waals surface area contributed by atoms with Gasteiger partial charge in [-0.15, -0.1) is 10.2 Å². The van der Waals surface area contributed by atoms with Crippen molar-refractivity contribution in [3.05, 3.63) is 17.8 Å². The Hall–Kier alpha value is -1.65. The number of anilines is 1. The van der Waals surface area contributed by atoms with Gasteiger partial charge >= 0.3 is 0 Å². The normalized spacial score (nSPS) is 16.3. The SMILES string of the molecule is CC(C)C1(CNc2ccc(C(=O)N(C)C)nn2)CC1. The van der Waals surface area contributed by atoms with Crippen molar-refractivity contribution < 1.29 is 4.79 Å². The first-order valence-corrected chi connectivity index (χ1v) is 6.74. The van der Waals surface area contributed by atoms with E-state index in [1.54, 1.807) is 20.2 Å². The van der Waals surface area contributed by atoms with Gasteiger partial charge in [-0.3, -0.25) is 4.79 Å². The van der Waals surface area contributed by atoms with Crippen LogP contribution in [0.5, 0.6) is 0 Å². The van der Waals surface area contributed by atoms with Crippen molar-refractivity contribution in [2.24, 2.45) is 11.3 Å². The minimum atomic E-state index is -0.125. The van der Waals surface area contributed by atoms with Crippen molar-refractivity contribution in [3.8, 4) is 0 Å². The third-order valence-corrected chi connectivity index (χ3v) is 4.03. The van der Waals surface area contributed by atoms with Crippen LogP contribution in [-0.2, 0) is 0 Å². The molecule has 104 valence electrons. The van der Waals surface area contributed by atoms with Crippen molar-refractivity contribution in [2.75, 3.05) is 26.0 Å². The van der Waals surface area contributed by atoms with Crippen LogP contribution in [0.3, 0.4) is 0 Å². The molecule has 0 aliphatic heterocycles. The number of hydrogen-bond donors (Lipinski definition) is 1. The highest BCUT2D eigenvalue weighted by Crippen LogP contribution is 2.51. The summed E-state index contributed by atoms with van der Waals surface area (Å²) >= 11 is 0. The third kappa shape index (κ3) is 3.03. The highest BCUT2D eigenvalue weighted by atomic mass is 16.2. The van der Waals surface area contributed by atoms with Crippen LogP contribution in [0.25, 0.3) is 0 Å². The molecule has 5 heteroatoms. The zero-order chi connectivity index (χ0) is 14.0. The topological polar surface area (TPSA) is 58.1 Å². The van der Waals surface area contributed by atoms with Gasteiger partial charge in [0.1, 0.15) is 5.82 Å². The number of hydrogen-bond acceptors (Lipinski definition) is 4. The molecule has 0 unspecified atom stereocenters. The molecule has 0 bridgehead atoms. The number of nitrogens with one attached hydrogen (secondary N) is 1. The van der Waals surface area contributed by atoms with E-state index >= 15 is 0 Å². The fourth-order valence-electron chi connectivity index (χ4n) is 2.16. The summed E-state index contributed by atoms with van der Waals surface area (Å²) in [7, 11) is 3.41. The summed E-state index contributed by atoms with van der Waals surface area (Å²) in [5.74, 6) is 1.30. The maximum absolute atomic E-state index is 11.7. The molecule has 0 atom stereocenters. The van der Waals surface area contributed by atoms with E-state index in [0.29, 0.717) is 17.0 Å². The molecule has 5 nitrogen and oxygen atoms in total. The van der Waals surface area contributed by atoms with Crippen molar-refractivity contribution in [2.45, 2.75) is 26.7 Å². The molecule has 1 aliphatic carbocycles. The summed E-state index contributed by atoms with van der Waals surface area (Å²) < 4.78 is 0. The van der Waals surface area contributed by atoms with Crippen LogP contribution in [0.1, 0.15) is 37.2 Å². The summed E-state index contributed by atoms with van der Waals surface area (Å²) in [5.41, 5.74) is 0.806. The lowest BCUT2D eigenvalue weighted by molar-refractivity contribution is 0.0821. The number of nitrogens with zero attached hydrogens (tertiary/aromatic N) is 3. The lowest BCUT2D eigenvalue weighted by atomic mass is 9.92. The average molecular weight is 262 g/mol. The van der Waals surface area contributed by atoms with E-state index < -0.39 is 0 Å². The van der Waals surface area contributed by atoms with Gasteiger partial charge in [0.05, 0.1) is 0 Å². The Labute approximate surface area is 114 Å². The van der Waals surface area contributed by atoms with Gasteiger partial charge in [0.2, 0.25) is 0 Å². The fraction of sp³-hybridized carbons (Fsp3) is 0.643. The molecule has 1 aliphatic rings. The van der Waals surface area contributed by atoms with Crippen molar-refractivity contribution >= 4 is 11.7 Å². The van der Waals surface area contributed by atoms with Crippen LogP contribution >= 0.6 is 0 Å². The van der Waals surface area contributed by atoms with E-state index in [0.717, 1.165) is 12.4 Å². The van der Waals surface area contributed by atoms with E-state index in [9.17, 15) is 4.79 Å². The summed E-state index contributed by atoms with van der Waals surface area (Å²) in [6, 6.07) is 3.53. The van der Waals surface area contributed by atoms with E-state index in [1.807, 2.05) is 6.07 Å². The molecule has 1 aromatic rings. The second kappa shape index (κ2) is 5.15. The molecule has 2 rings (SSSR count). The molecular weight excluding hydrogens is 240 g/mol. The predicted molar refractivity (Wildman–Crippen MR) is 75.0 cm³/mol. The van der Waals surface area contributed by atoms with Crippen molar-refractivity contribution in [1.82, 2.24) is 15.1 Å². The fourth-order valence-corrected chi connectivity index (χ4v) is 2.16. The molecule has 1 amide bonds. The van der Waals surface area contributed by atoms with Gasteiger partial charge in [-0.1, -0.05) is 13.8 Å². The number of carbonyl (C=O) groups is 1. The first-order chi connectivity index (χ1) is 8.94.